The number of sulfonamides is 1. The van der Waals surface area contributed by atoms with Gasteiger partial charge in [-0.1, -0.05) is 37.3 Å². The quantitative estimate of drug-likeness (QED) is 0.258. The molecule has 2 aromatic heterocycles. The van der Waals surface area contributed by atoms with Gasteiger partial charge in [0, 0.05) is 35.9 Å². The molecule has 1 aliphatic heterocycles. The Bertz CT molecular complexity index is 1530. The number of carbonyl (C=O) groups excluding carboxylic acids is 1. The Balaban J connectivity index is 1.47. The lowest BCUT2D eigenvalue weighted by molar-refractivity contribution is 0.0985. The maximum absolute atomic E-state index is 13.8. The molecule has 0 saturated carbocycles. The fraction of sp³-hybridized carbons (Fsp3) is 0.321. The van der Waals surface area contributed by atoms with E-state index in [1.807, 2.05) is 36.6 Å². The van der Waals surface area contributed by atoms with E-state index >= 15 is 0 Å². The lowest BCUT2D eigenvalue weighted by atomic mass is 9.94. The zero-order valence-corrected chi connectivity index (χ0v) is 24.0. The van der Waals surface area contributed by atoms with Crippen LogP contribution in [-0.2, 0) is 16.6 Å². The Labute approximate surface area is 232 Å². The smallest absolute Gasteiger partial charge is 0.260 e. The number of anilines is 1. The lowest BCUT2D eigenvalue weighted by Gasteiger charge is -2.34. The largest absolute Gasteiger partial charge is 0.279 e. The van der Waals surface area contributed by atoms with Crippen LogP contribution in [0.15, 0.2) is 76.8 Å². The molecule has 1 fully saturated rings. The highest BCUT2D eigenvalue weighted by atomic mass is 32.2. The summed E-state index contributed by atoms with van der Waals surface area (Å²) in [6.07, 6.45) is 6.46. The molecule has 0 spiro atoms. The van der Waals surface area contributed by atoms with Crippen molar-refractivity contribution < 1.29 is 13.2 Å². The number of rotatable bonds is 7. The number of para-hydroxylation sites is 1. The first-order valence-corrected chi connectivity index (χ1v) is 16.0. The molecule has 38 heavy (non-hydrogen) atoms. The zero-order valence-electron chi connectivity index (χ0n) is 21.6. The minimum absolute atomic E-state index is 0.207. The molecule has 0 radical (unpaired) electrons. The van der Waals surface area contributed by atoms with Crippen molar-refractivity contribution in [3.05, 3.63) is 78.1 Å². The highest BCUT2D eigenvalue weighted by Gasteiger charge is 2.32. The molecular formula is C28H30N4O3S3. The standard InChI is InChI=1S/C28H30N4O3S3/c1-19-14-20(2)17-31(16-19)38(34,35)23-11-9-22(10-12-23)27(33)32(18-21-6-5-13-29-15-21)28-30-26-24(36-3)7-4-8-25(26)37-28/h4-13,15,19-20H,14,16-18H2,1-3H3. The number of amides is 1. The summed E-state index contributed by atoms with van der Waals surface area (Å²) in [7, 11) is -3.63. The summed E-state index contributed by atoms with van der Waals surface area (Å²) in [4.78, 5) is 25.8. The highest BCUT2D eigenvalue weighted by molar-refractivity contribution is 7.98. The maximum atomic E-state index is 13.8. The Kier molecular flexibility index (Phi) is 7.85. The molecular weight excluding hydrogens is 537 g/mol. The fourth-order valence-corrected chi connectivity index (χ4v) is 8.27. The van der Waals surface area contributed by atoms with Gasteiger partial charge in [0.05, 0.1) is 21.7 Å². The lowest BCUT2D eigenvalue weighted by Crippen LogP contribution is -2.42. The molecule has 2 atom stereocenters. The number of aromatic nitrogens is 2. The van der Waals surface area contributed by atoms with E-state index < -0.39 is 10.0 Å². The van der Waals surface area contributed by atoms with E-state index in [1.165, 1.54) is 11.3 Å². The third-order valence-electron chi connectivity index (χ3n) is 6.70. The summed E-state index contributed by atoms with van der Waals surface area (Å²) in [5.74, 6) is 0.384. The van der Waals surface area contributed by atoms with Crippen LogP contribution in [0.2, 0.25) is 0 Å². The van der Waals surface area contributed by atoms with Crippen molar-refractivity contribution in [2.24, 2.45) is 11.8 Å². The van der Waals surface area contributed by atoms with E-state index in [0.29, 0.717) is 42.2 Å². The van der Waals surface area contributed by atoms with Crippen molar-refractivity contribution in [2.75, 3.05) is 24.2 Å². The number of piperidine rings is 1. The molecule has 1 saturated heterocycles. The van der Waals surface area contributed by atoms with E-state index in [1.54, 1.807) is 57.6 Å². The molecule has 4 aromatic rings. The number of thiazole rings is 1. The summed E-state index contributed by atoms with van der Waals surface area (Å²) < 4.78 is 29.2. The van der Waals surface area contributed by atoms with Crippen LogP contribution in [0.1, 0.15) is 36.2 Å². The van der Waals surface area contributed by atoms with Gasteiger partial charge in [-0.25, -0.2) is 13.4 Å². The Hall–Kier alpha value is -2.79. The van der Waals surface area contributed by atoms with E-state index in [4.69, 9.17) is 4.98 Å². The number of pyridine rings is 1. The summed E-state index contributed by atoms with van der Waals surface area (Å²) in [6, 6.07) is 16.1. The summed E-state index contributed by atoms with van der Waals surface area (Å²) in [6.45, 7) is 5.50. The van der Waals surface area contributed by atoms with E-state index in [-0.39, 0.29) is 10.8 Å². The van der Waals surface area contributed by atoms with Gasteiger partial charge in [0.1, 0.15) is 0 Å². The predicted molar refractivity (Wildman–Crippen MR) is 154 cm³/mol. The topological polar surface area (TPSA) is 83.5 Å². The van der Waals surface area contributed by atoms with Gasteiger partial charge in [-0.05, 0) is 72.5 Å². The van der Waals surface area contributed by atoms with Crippen LogP contribution < -0.4 is 4.90 Å². The molecule has 0 bridgehead atoms. The van der Waals surface area contributed by atoms with E-state index in [0.717, 1.165) is 27.1 Å². The van der Waals surface area contributed by atoms with Crippen LogP contribution in [-0.4, -0.2) is 47.9 Å². The van der Waals surface area contributed by atoms with Crippen LogP contribution in [0.25, 0.3) is 10.2 Å². The van der Waals surface area contributed by atoms with Gasteiger partial charge in [-0.15, -0.1) is 11.8 Å². The number of nitrogens with zero attached hydrogens (tertiary/aromatic N) is 4. The second kappa shape index (κ2) is 11.1. The second-order valence-electron chi connectivity index (χ2n) is 9.85. The fourth-order valence-electron chi connectivity index (χ4n) is 4.97. The SMILES string of the molecule is CSc1cccc2sc(N(Cc3cccnc3)C(=O)c3ccc(S(=O)(=O)N4CC(C)CC(C)C4)cc3)nc12. The summed E-state index contributed by atoms with van der Waals surface area (Å²) in [5.41, 5.74) is 2.14. The normalized spacial score (nSPS) is 18.5. The van der Waals surface area contributed by atoms with Gasteiger partial charge in [-0.3, -0.25) is 14.7 Å². The molecule has 7 nitrogen and oxygen atoms in total. The average Bonchev–Trinajstić information content (AvgIpc) is 3.36. The van der Waals surface area contributed by atoms with E-state index in [2.05, 4.69) is 18.8 Å². The van der Waals surface area contributed by atoms with Crippen molar-refractivity contribution in [1.82, 2.24) is 14.3 Å². The minimum atomic E-state index is -3.63. The Morgan fingerprint density at radius 1 is 1.08 bits per heavy atom. The van der Waals surface area contributed by atoms with Crippen molar-refractivity contribution in [3.63, 3.8) is 0 Å². The average molecular weight is 567 g/mol. The molecule has 2 unspecified atom stereocenters. The Morgan fingerprint density at radius 2 is 1.82 bits per heavy atom. The van der Waals surface area contributed by atoms with Crippen molar-refractivity contribution >= 4 is 54.4 Å². The first-order valence-electron chi connectivity index (χ1n) is 12.5. The molecule has 0 aliphatic carbocycles. The highest BCUT2D eigenvalue weighted by Crippen LogP contribution is 2.35. The predicted octanol–water partition coefficient (Wildman–Crippen LogP) is 5.93. The molecule has 2 aromatic carbocycles. The van der Waals surface area contributed by atoms with Gasteiger partial charge in [0.2, 0.25) is 10.0 Å². The van der Waals surface area contributed by atoms with Crippen LogP contribution in [0.3, 0.4) is 0 Å². The van der Waals surface area contributed by atoms with Gasteiger partial charge >= 0.3 is 0 Å². The number of hydrogen-bond donors (Lipinski definition) is 0. The van der Waals surface area contributed by atoms with Gasteiger partial charge in [0.25, 0.3) is 5.91 Å². The molecule has 198 valence electrons. The van der Waals surface area contributed by atoms with Crippen LogP contribution in [0.4, 0.5) is 5.13 Å². The number of benzene rings is 2. The first-order chi connectivity index (χ1) is 18.3. The Morgan fingerprint density at radius 3 is 2.47 bits per heavy atom. The molecule has 5 rings (SSSR count). The monoisotopic (exact) mass is 566 g/mol. The maximum Gasteiger partial charge on any atom is 0.260 e. The number of carbonyl (C=O) groups is 1. The van der Waals surface area contributed by atoms with Crippen LogP contribution >= 0.6 is 23.1 Å². The van der Waals surface area contributed by atoms with Crippen molar-refractivity contribution in [3.8, 4) is 0 Å². The molecule has 10 heteroatoms. The molecule has 3 heterocycles. The van der Waals surface area contributed by atoms with Crippen LogP contribution in [0.5, 0.6) is 0 Å². The van der Waals surface area contributed by atoms with Crippen LogP contribution in [0, 0.1) is 11.8 Å². The second-order valence-corrected chi connectivity index (χ2v) is 13.6. The van der Waals surface area contributed by atoms with Gasteiger partial charge in [-0.2, -0.15) is 4.31 Å². The van der Waals surface area contributed by atoms with Crippen molar-refractivity contribution in [1.29, 1.82) is 0 Å². The number of thioether (sulfide) groups is 1. The molecule has 1 aliphatic rings. The number of fused-ring (bicyclic) bond motifs is 1. The van der Waals surface area contributed by atoms with Gasteiger partial charge in [0.15, 0.2) is 5.13 Å². The summed E-state index contributed by atoms with van der Waals surface area (Å²) >= 11 is 3.08. The molecule has 0 N–H and O–H groups in total. The summed E-state index contributed by atoms with van der Waals surface area (Å²) in [5, 5.41) is 0.586. The third-order valence-corrected chi connectivity index (χ3v) is 10.4. The van der Waals surface area contributed by atoms with Crippen molar-refractivity contribution in [2.45, 2.75) is 36.6 Å². The minimum Gasteiger partial charge on any atom is -0.279 e. The third kappa shape index (κ3) is 5.49. The number of hydrogen-bond acceptors (Lipinski definition) is 7. The first kappa shape index (κ1) is 26.8. The van der Waals surface area contributed by atoms with E-state index in [9.17, 15) is 13.2 Å². The van der Waals surface area contributed by atoms with Gasteiger partial charge < -0.3 is 0 Å². The zero-order chi connectivity index (χ0) is 26.9. The molecule has 1 amide bonds.